The number of fused-ring (bicyclic) bond motifs is 1. The van der Waals surface area contributed by atoms with Gasteiger partial charge in [0, 0.05) is 24.7 Å². The summed E-state index contributed by atoms with van der Waals surface area (Å²) >= 11 is 0. The summed E-state index contributed by atoms with van der Waals surface area (Å²) in [5.41, 5.74) is 0.714. The molecule has 3 rings (SSSR count). The van der Waals surface area contributed by atoms with Gasteiger partial charge in [0.25, 0.3) is 17.5 Å². The van der Waals surface area contributed by atoms with Gasteiger partial charge in [-0.2, -0.15) is 0 Å². The van der Waals surface area contributed by atoms with Crippen molar-refractivity contribution in [2.75, 3.05) is 10.2 Å². The first-order valence-electron chi connectivity index (χ1n) is 6.93. The molecule has 2 aromatic carbocycles. The zero-order valence-electron chi connectivity index (χ0n) is 12.5. The van der Waals surface area contributed by atoms with E-state index in [1.54, 1.807) is 12.1 Å². The lowest BCUT2D eigenvalue weighted by Crippen LogP contribution is -2.29. The summed E-state index contributed by atoms with van der Waals surface area (Å²) in [7, 11) is 0. The maximum Gasteiger partial charge on any atom is 0.270 e. The zero-order chi connectivity index (χ0) is 17.4. The Hall–Kier alpha value is -3.55. The van der Waals surface area contributed by atoms with Crippen molar-refractivity contribution in [3.05, 3.63) is 63.7 Å². The number of nitro benzene ring substituents is 1. The zero-order valence-corrected chi connectivity index (χ0v) is 12.5. The minimum Gasteiger partial charge on any atom is -0.326 e. The highest BCUT2D eigenvalue weighted by Crippen LogP contribution is 2.31. The molecule has 0 unspecified atom stereocenters. The highest BCUT2D eigenvalue weighted by Gasteiger charge is 2.37. The SMILES string of the molecule is CC(=O)Nc1ccc(N2C(=O)c3ccc([N+](=O)[O-])cc3C2=O)cc1. The number of hydrogen-bond donors (Lipinski definition) is 1. The van der Waals surface area contributed by atoms with Gasteiger partial charge in [-0.15, -0.1) is 0 Å². The lowest BCUT2D eigenvalue weighted by molar-refractivity contribution is -0.384. The van der Waals surface area contributed by atoms with Crippen molar-refractivity contribution in [2.24, 2.45) is 0 Å². The lowest BCUT2D eigenvalue weighted by atomic mass is 10.1. The Morgan fingerprint density at radius 2 is 1.67 bits per heavy atom. The molecule has 1 N–H and O–H groups in total. The van der Waals surface area contributed by atoms with Crippen LogP contribution in [0.2, 0.25) is 0 Å². The van der Waals surface area contributed by atoms with Crippen molar-refractivity contribution < 1.29 is 19.3 Å². The number of carbonyl (C=O) groups is 3. The molecule has 1 heterocycles. The normalized spacial score (nSPS) is 13.0. The van der Waals surface area contributed by atoms with E-state index in [2.05, 4.69) is 5.32 Å². The van der Waals surface area contributed by atoms with E-state index in [0.29, 0.717) is 11.4 Å². The van der Waals surface area contributed by atoms with E-state index in [1.807, 2.05) is 0 Å². The second kappa shape index (κ2) is 5.58. The number of nitro groups is 1. The number of nitrogens with zero attached hydrogens (tertiary/aromatic N) is 2. The summed E-state index contributed by atoms with van der Waals surface area (Å²) in [6.07, 6.45) is 0. The van der Waals surface area contributed by atoms with E-state index in [1.165, 1.54) is 31.2 Å². The summed E-state index contributed by atoms with van der Waals surface area (Å²) in [6, 6.07) is 9.71. The fourth-order valence-corrected chi connectivity index (χ4v) is 2.47. The standard InChI is InChI=1S/C16H11N3O5/c1-9(20)17-10-2-4-11(5-3-10)18-15(21)13-7-6-12(19(23)24)8-14(13)16(18)22/h2-8H,1H3,(H,17,20). The number of nitrogens with one attached hydrogen (secondary N) is 1. The van der Waals surface area contributed by atoms with Gasteiger partial charge in [0.1, 0.15) is 0 Å². The van der Waals surface area contributed by atoms with Crippen molar-refractivity contribution in [1.82, 2.24) is 0 Å². The predicted octanol–water partition coefficient (Wildman–Crippen LogP) is 2.35. The van der Waals surface area contributed by atoms with Gasteiger partial charge in [-0.05, 0) is 30.3 Å². The lowest BCUT2D eigenvalue weighted by Gasteiger charge is -2.14. The molecule has 0 saturated heterocycles. The summed E-state index contributed by atoms with van der Waals surface area (Å²) in [4.78, 5) is 47.0. The number of rotatable bonds is 3. The molecule has 0 aromatic heterocycles. The van der Waals surface area contributed by atoms with Crippen LogP contribution in [-0.2, 0) is 4.79 Å². The molecule has 3 amide bonds. The van der Waals surface area contributed by atoms with Crippen LogP contribution in [0.4, 0.5) is 17.1 Å². The topological polar surface area (TPSA) is 110 Å². The summed E-state index contributed by atoms with van der Waals surface area (Å²) in [5, 5.41) is 13.4. The van der Waals surface area contributed by atoms with Crippen LogP contribution in [0.3, 0.4) is 0 Å². The quantitative estimate of drug-likeness (QED) is 0.529. The van der Waals surface area contributed by atoms with Crippen molar-refractivity contribution in [3.63, 3.8) is 0 Å². The molecule has 8 heteroatoms. The fraction of sp³-hybridized carbons (Fsp3) is 0.0625. The number of anilines is 2. The number of imide groups is 1. The molecule has 0 saturated carbocycles. The average Bonchev–Trinajstić information content (AvgIpc) is 2.79. The predicted molar refractivity (Wildman–Crippen MR) is 85.0 cm³/mol. The minimum atomic E-state index is -0.622. The Bertz CT molecular complexity index is 889. The van der Waals surface area contributed by atoms with Gasteiger partial charge in [0.15, 0.2) is 0 Å². The smallest absolute Gasteiger partial charge is 0.270 e. The van der Waals surface area contributed by atoms with E-state index in [-0.39, 0.29) is 22.7 Å². The van der Waals surface area contributed by atoms with Gasteiger partial charge in [0.2, 0.25) is 5.91 Å². The second-order valence-electron chi connectivity index (χ2n) is 5.16. The first-order chi connectivity index (χ1) is 11.4. The van der Waals surface area contributed by atoms with Crippen LogP contribution in [0.5, 0.6) is 0 Å². The van der Waals surface area contributed by atoms with Gasteiger partial charge < -0.3 is 5.32 Å². The maximum absolute atomic E-state index is 12.5. The third-order valence-electron chi connectivity index (χ3n) is 3.53. The van der Waals surface area contributed by atoms with Gasteiger partial charge in [-0.3, -0.25) is 24.5 Å². The van der Waals surface area contributed by atoms with Gasteiger partial charge in [-0.1, -0.05) is 0 Å². The van der Waals surface area contributed by atoms with Gasteiger partial charge >= 0.3 is 0 Å². The minimum absolute atomic E-state index is 0.000127. The number of non-ortho nitro benzene ring substituents is 1. The third-order valence-corrected chi connectivity index (χ3v) is 3.53. The Balaban J connectivity index is 1.95. The van der Waals surface area contributed by atoms with Crippen molar-refractivity contribution in [3.8, 4) is 0 Å². The highest BCUT2D eigenvalue weighted by atomic mass is 16.6. The molecule has 8 nitrogen and oxygen atoms in total. The molecule has 1 aliphatic rings. The molecule has 0 bridgehead atoms. The summed E-state index contributed by atoms with van der Waals surface area (Å²) < 4.78 is 0. The third kappa shape index (κ3) is 2.50. The first kappa shape index (κ1) is 15.3. The Morgan fingerprint density at radius 3 is 2.25 bits per heavy atom. The van der Waals surface area contributed by atoms with E-state index in [0.717, 1.165) is 11.0 Å². The molecule has 0 spiro atoms. The first-order valence-corrected chi connectivity index (χ1v) is 6.93. The molecular formula is C16H11N3O5. The molecule has 120 valence electrons. The second-order valence-corrected chi connectivity index (χ2v) is 5.16. The largest absolute Gasteiger partial charge is 0.326 e. The summed E-state index contributed by atoms with van der Waals surface area (Å²) in [6.45, 7) is 1.37. The van der Waals surface area contributed by atoms with E-state index in [9.17, 15) is 24.5 Å². The van der Waals surface area contributed by atoms with E-state index < -0.39 is 16.7 Å². The molecule has 0 atom stereocenters. The molecule has 0 fully saturated rings. The Labute approximate surface area is 135 Å². The molecule has 24 heavy (non-hydrogen) atoms. The van der Waals surface area contributed by atoms with Crippen molar-refractivity contribution >= 4 is 34.8 Å². The van der Waals surface area contributed by atoms with Crippen molar-refractivity contribution in [1.29, 1.82) is 0 Å². The number of amides is 3. The van der Waals surface area contributed by atoms with Gasteiger partial charge in [0.05, 0.1) is 21.7 Å². The molecule has 2 aromatic rings. The molecule has 0 aliphatic carbocycles. The average molecular weight is 325 g/mol. The monoisotopic (exact) mass is 325 g/mol. The van der Waals surface area contributed by atoms with E-state index >= 15 is 0 Å². The maximum atomic E-state index is 12.5. The highest BCUT2D eigenvalue weighted by molar-refractivity contribution is 6.34. The van der Waals surface area contributed by atoms with Crippen molar-refractivity contribution in [2.45, 2.75) is 6.92 Å². The number of carbonyl (C=O) groups excluding carboxylic acids is 3. The number of hydrogen-bond acceptors (Lipinski definition) is 5. The molecule has 0 radical (unpaired) electrons. The van der Waals surface area contributed by atoms with Crippen LogP contribution in [0.25, 0.3) is 0 Å². The Morgan fingerprint density at radius 1 is 1.04 bits per heavy atom. The number of benzene rings is 2. The fourth-order valence-electron chi connectivity index (χ4n) is 2.47. The summed E-state index contributed by atoms with van der Waals surface area (Å²) in [5.74, 6) is -1.40. The van der Waals surface area contributed by atoms with Crippen LogP contribution in [-0.4, -0.2) is 22.6 Å². The Kier molecular flexibility index (Phi) is 3.57. The van der Waals surface area contributed by atoms with Crippen LogP contribution >= 0.6 is 0 Å². The molecular weight excluding hydrogens is 314 g/mol. The van der Waals surface area contributed by atoms with Crippen LogP contribution < -0.4 is 10.2 Å². The van der Waals surface area contributed by atoms with Gasteiger partial charge in [-0.25, -0.2) is 4.90 Å². The van der Waals surface area contributed by atoms with Crippen LogP contribution in [0.15, 0.2) is 42.5 Å². The molecule has 1 aliphatic heterocycles. The van der Waals surface area contributed by atoms with E-state index in [4.69, 9.17) is 0 Å². The van der Waals surface area contributed by atoms with Crippen LogP contribution in [0.1, 0.15) is 27.6 Å². The van der Waals surface area contributed by atoms with Crippen LogP contribution in [0, 0.1) is 10.1 Å².